The Morgan fingerprint density at radius 1 is 1.29 bits per heavy atom. The lowest BCUT2D eigenvalue weighted by atomic mass is 9.83. The number of amides is 1. The first-order valence-corrected chi connectivity index (χ1v) is 10.2. The molecule has 2 aliphatic heterocycles. The van der Waals surface area contributed by atoms with Crippen LogP contribution in [0.4, 0.5) is 0 Å². The number of piperidine rings is 1. The van der Waals surface area contributed by atoms with Crippen LogP contribution >= 0.6 is 0 Å². The van der Waals surface area contributed by atoms with E-state index >= 15 is 0 Å². The highest BCUT2D eigenvalue weighted by Gasteiger charge is 2.43. The highest BCUT2D eigenvalue weighted by molar-refractivity contribution is 5.93. The van der Waals surface area contributed by atoms with E-state index in [0.717, 1.165) is 31.6 Å². The van der Waals surface area contributed by atoms with Gasteiger partial charge in [-0.3, -0.25) is 9.48 Å². The van der Waals surface area contributed by atoms with Crippen LogP contribution in [-0.4, -0.2) is 45.3 Å². The van der Waals surface area contributed by atoms with Crippen molar-refractivity contribution in [1.82, 2.24) is 19.7 Å². The monoisotopic (exact) mass is 378 g/mol. The molecular formula is C22H26N4O2. The number of aryl methyl sites for hydroxylation is 2. The number of carbonyl (C=O) groups excluding carboxylic acids is 1. The van der Waals surface area contributed by atoms with Crippen LogP contribution in [-0.2, 0) is 23.3 Å². The van der Waals surface area contributed by atoms with E-state index in [9.17, 15) is 4.79 Å². The maximum absolute atomic E-state index is 13.1. The first-order chi connectivity index (χ1) is 13.6. The number of aromatic amines is 1. The highest BCUT2D eigenvalue weighted by atomic mass is 16.5. The van der Waals surface area contributed by atoms with Crippen molar-refractivity contribution < 1.29 is 9.53 Å². The summed E-state index contributed by atoms with van der Waals surface area (Å²) in [6.07, 6.45) is 2.58. The molecule has 1 saturated heterocycles. The molecule has 3 aromatic rings. The van der Waals surface area contributed by atoms with E-state index < -0.39 is 0 Å². The number of carbonyl (C=O) groups is 1. The van der Waals surface area contributed by atoms with Gasteiger partial charge in [0.1, 0.15) is 11.3 Å². The molecular weight excluding hydrogens is 352 g/mol. The first kappa shape index (κ1) is 17.5. The van der Waals surface area contributed by atoms with E-state index in [1.54, 1.807) is 4.68 Å². The van der Waals surface area contributed by atoms with Crippen molar-refractivity contribution in [3.05, 3.63) is 53.0 Å². The van der Waals surface area contributed by atoms with E-state index in [-0.39, 0.29) is 11.5 Å². The Morgan fingerprint density at radius 3 is 2.86 bits per heavy atom. The van der Waals surface area contributed by atoms with Crippen molar-refractivity contribution in [3.63, 3.8) is 0 Å². The smallest absolute Gasteiger partial charge is 0.272 e. The zero-order valence-electron chi connectivity index (χ0n) is 16.5. The summed E-state index contributed by atoms with van der Waals surface area (Å²) in [5.74, 6) is 0.0741. The van der Waals surface area contributed by atoms with Gasteiger partial charge in [-0.15, -0.1) is 0 Å². The minimum atomic E-state index is -0.301. The summed E-state index contributed by atoms with van der Waals surface area (Å²) in [5, 5.41) is 5.73. The second-order valence-corrected chi connectivity index (χ2v) is 7.90. The van der Waals surface area contributed by atoms with Gasteiger partial charge in [0.2, 0.25) is 0 Å². The summed E-state index contributed by atoms with van der Waals surface area (Å²) in [5.41, 5.74) is 5.06. The largest absolute Gasteiger partial charge is 0.368 e. The molecule has 146 valence electrons. The molecule has 1 fully saturated rings. The van der Waals surface area contributed by atoms with Crippen molar-refractivity contribution in [1.29, 1.82) is 0 Å². The molecule has 0 aliphatic carbocycles. The summed E-state index contributed by atoms with van der Waals surface area (Å²) >= 11 is 0. The van der Waals surface area contributed by atoms with Crippen LogP contribution in [0.5, 0.6) is 0 Å². The molecule has 0 radical (unpaired) electrons. The van der Waals surface area contributed by atoms with Crippen LogP contribution < -0.4 is 0 Å². The first-order valence-electron chi connectivity index (χ1n) is 10.2. The number of benzene rings is 1. The maximum atomic E-state index is 13.1. The number of nitrogens with zero attached hydrogens (tertiary/aromatic N) is 3. The van der Waals surface area contributed by atoms with Crippen molar-refractivity contribution in [3.8, 4) is 0 Å². The molecule has 2 aliphatic rings. The molecule has 0 unspecified atom stereocenters. The zero-order valence-corrected chi connectivity index (χ0v) is 16.5. The molecule has 1 N–H and O–H groups in total. The Balaban J connectivity index is 1.41. The Morgan fingerprint density at radius 2 is 2.07 bits per heavy atom. The van der Waals surface area contributed by atoms with Gasteiger partial charge in [-0.25, -0.2) is 0 Å². The number of nitrogens with one attached hydrogen (secondary N) is 1. The molecule has 6 nitrogen and oxygen atoms in total. The average Bonchev–Trinajstić information content (AvgIpc) is 3.29. The fraction of sp³-hybridized carbons (Fsp3) is 0.455. The van der Waals surface area contributed by atoms with Crippen molar-refractivity contribution >= 4 is 16.8 Å². The molecule has 6 heteroatoms. The minimum Gasteiger partial charge on any atom is -0.368 e. The number of H-pyrrole nitrogens is 1. The summed E-state index contributed by atoms with van der Waals surface area (Å²) in [6, 6.07) is 10.4. The van der Waals surface area contributed by atoms with Gasteiger partial charge in [0.15, 0.2) is 0 Å². The van der Waals surface area contributed by atoms with Gasteiger partial charge in [0.25, 0.3) is 5.91 Å². The van der Waals surface area contributed by atoms with Gasteiger partial charge in [-0.05, 0) is 50.8 Å². The number of likely N-dealkylation sites (tertiary alicyclic amines) is 1. The third-order valence-electron chi connectivity index (χ3n) is 6.28. The van der Waals surface area contributed by atoms with Gasteiger partial charge in [-0.2, -0.15) is 5.10 Å². The Hall–Kier alpha value is -2.60. The second kappa shape index (κ2) is 6.48. The molecule has 1 spiro atoms. The van der Waals surface area contributed by atoms with Gasteiger partial charge in [-0.1, -0.05) is 18.2 Å². The van der Waals surface area contributed by atoms with Crippen LogP contribution in [0.15, 0.2) is 30.3 Å². The van der Waals surface area contributed by atoms with Crippen LogP contribution in [0, 0.1) is 6.92 Å². The number of rotatable bonds is 2. The Bertz CT molecular complexity index is 1040. The minimum absolute atomic E-state index is 0.0741. The standard InChI is InChI=1S/C22H26N4O2/c1-3-26-19(14-15(2)24-26)21(27)25-11-9-22(10-12-25)20-17(8-13-28-22)16-6-4-5-7-18(16)23-20/h4-7,14,23H,3,8-13H2,1-2H3. The van der Waals surface area contributed by atoms with E-state index in [1.165, 1.54) is 22.2 Å². The topological polar surface area (TPSA) is 63.1 Å². The highest BCUT2D eigenvalue weighted by Crippen LogP contribution is 2.43. The predicted molar refractivity (Wildman–Crippen MR) is 107 cm³/mol. The number of hydrogen-bond donors (Lipinski definition) is 1. The van der Waals surface area contributed by atoms with E-state index in [2.05, 4.69) is 34.3 Å². The third kappa shape index (κ3) is 2.58. The molecule has 5 rings (SSSR count). The van der Waals surface area contributed by atoms with Crippen LogP contribution in [0.25, 0.3) is 10.9 Å². The van der Waals surface area contributed by atoms with Crippen LogP contribution in [0.3, 0.4) is 0 Å². The van der Waals surface area contributed by atoms with Crippen LogP contribution in [0.2, 0.25) is 0 Å². The van der Waals surface area contributed by atoms with E-state index in [1.807, 2.05) is 24.8 Å². The Kier molecular flexibility index (Phi) is 4.05. The molecule has 1 amide bonds. The number of aromatic nitrogens is 3. The quantitative estimate of drug-likeness (QED) is 0.743. The molecule has 4 heterocycles. The Labute approximate surface area is 164 Å². The molecule has 1 aromatic carbocycles. The second-order valence-electron chi connectivity index (χ2n) is 7.90. The van der Waals surface area contributed by atoms with Crippen molar-refractivity contribution in [2.75, 3.05) is 19.7 Å². The fourth-order valence-electron chi connectivity index (χ4n) is 4.86. The fourth-order valence-corrected chi connectivity index (χ4v) is 4.86. The average molecular weight is 378 g/mol. The lowest BCUT2D eigenvalue weighted by Gasteiger charge is -2.43. The maximum Gasteiger partial charge on any atom is 0.272 e. The number of para-hydroxylation sites is 1. The summed E-state index contributed by atoms with van der Waals surface area (Å²) < 4.78 is 8.16. The van der Waals surface area contributed by atoms with Crippen molar-refractivity contribution in [2.45, 2.75) is 45.3 Å². The summed E-state index contributed by atoms with van der Waals surface area (Å²) in [4.78, 5) is 18.7. The van der Waals surface area contributed by atoms with Crippen LogP contribution in [0.1, 0.15) is 47.2 Å². The van der Waals surface area contributed by atoms with E-state index in [4.69, 9.17) is 4.74 Å². The lowest BCUT2D eigenvalue weighted by Crippen LogP contribution is -2.48. The zero-order chi connectivity index (χ0) is 19.3. The number of hydrogen-bond acceptors (Lipinski definition) is 3. The van der Waals surface area contributed by atoms with Gasteiger partial charge < -0.3 is 14.6 Å². The molecule has 28 heavy (non-hydrogen) atoms. The molecule has 0 saturated carbocycles. The van der Waals surface area contributed by atoms with Crippen molar-refractivity contribution in [2.24, 2.45) is 0 Å². The molecule has 0 bridgehead atoms. The third-order valence-corrected chi connectivity index (χ3v) is 6.28. The summed E-state index contributed by atoms with van der Waals surface area (Å²) in [7, 11) is 0. The van der Waals surface area contributed by atoms with Gasteiger partial charge >= 0.3 is 0 Å². The lowest BCUT2D eigenvalue weighted by molar-refractivity contribution is -0.0958. The number of fused-ring (bicyclic) bond motifs is 4. The van der Waals surface area contributed by atoms with Gasteiger partial charge in [0, 0.05) is 30.5 Å². The predicted octanol–water partition coefficient (Wildman–Crippen LogP) is 3.40. The number of ether oxygens (including phenoxy) is 1. The molecule has 0 atom stereocenters. The molecule has 2 aromatic heterocycles. The van der Waals surface area contributed by atoms with E-state index in [0.29, 0.717) is 25.3 Å². The van der Waals surface area contributed by atoms with Gasteiger partial charge in [0.05, 0.1) is 18.0 Å². The SMILES string of the molecule is CCn1nc(C)cc1C(=O)N1CCC2(CC1)OCCc1c2[nH]c2ccccc12. The normalized spacial score (nSPS) is 18.6. The summed E-state index contributed by atoms with van der Waals surface area (Å²) in [6.45, 7) is 6.78.